The van der Waals surface area contributed by atoms with E-state index in [4.69, 9.17) is 11.5 Å². The van der Waals surface area contributed by atoms with Crippen LogP contribution in [0.3, 0.4) is 0 Å². The molecule has 0 aliphatic rings. The Labute approximate surface area is 66.1 Å². The third-order valence-corrected chi connectivity index (χ3v) is 1.15. The second kappa shape index (κ2) is 5.51. The van der Waals surface area contributed by atoms with Crippen molar-refractivity contribution in [2.45, 2.75) is 12.5 Å². The highest BCUT2D eigenvalue weighted by atomic mass is 16.4. The summed E-state index contributed by atoms with van der Waals surface area (Å²) in [5.74, 6) is 1.40. The SMILES string of the molecule is C#CCNC(CC=C)C(=O)O. The van der Waals surface area contributed by atoms with Gasteiger partial charge in [0.25, 0.3) is 0 Å². The van der Waals surface area contributed by atoms with Crippen LogP contribution in [0, 0.1) is 12.3 Å². The van der Waals surface area contributed by atoms with E-state index in [2.05, 4.69) is 17.8 Å². The molecule has 1 unspecified atom stereocenters. The van der Waals surface area contributed by atoms with E-state index in [1.807, 2.05) is 0 Å². The monoisotopic (exact) mass is 153 g/mol. The summed E-state index contributed by atoms with van der Waals surface area (Å²) >= 11 is 0. The third kappa shape index (κ3) is 4.18. The van der Waals surface area contributed by atoms with Gasteiger partial charge < -0.3 is 5.11 Å². The lowest BCUT2D eigenvalue weighted by Crippen LogP contribution is -2.36. The van der Waals surface area contributed by atoms with Crippen molar-refractivity contribution in [2.75, 3.05) is 6.54 Å². The van der Waals surface area contributed by atoms with Gasteiger partial charge in [-0.2, -0.15) is 0 Å². The summed E-state index contributed by atoms with van der Waals surface area (Å²) in [7, 11) is 0. The molecule has 0 bridgehead atoms. The summed E-state index contributed by atoms with van der Waals surface area (Å²) in [4.78, 5) is 10.4. The average Bonchev–Trinajstić information content (AvgIpc) is 1.97. The molecule has 0 aromatic rings. The maximum absolute atomic E-state index is 10.4. The van der Waals surface area contributed by atoms with E-state index in [1.54, 1.807) is 6.08 Å². The number of aliphatic carboxylic acids is 1. The summed E-state index contributed by atoms with van der Waals surface area (Å²) in [5.41, 5.74) is 0. The number of terminal acetylenes is 1. The Morgan fingerprint density at radius 1 is 1.91 bits per heavy atom. The van der Waals surface area contributed by atoms with Crippen molar-refractivity contribution >= 4 is 5.97 Å². The topological polar surface area (TPSA) is 49.3 Å². The minimum absolute atomic E-state index is 0.269. The maximum Gasteiger partial charge on any atom is 0.321 e. The molecule has 0 heterocycles. The smallest absolute Gasteiger partial charge is 0.321 e. The molecule has 3 nitrogen and oxygen atoms in total. The lowest BCUT2D eigenvalue weighted by Gasteiger charge is -2.08. The highest BCUT2D eigenvalue weighted by molar-refractivity contribution is 5.73. The number of carbonyl (C=O) groups is 1. The first-order valence-electron chi connectivity index (χ1n) is 3.23. The summed E-state index contributed by atoms with van der Waals surface area (Å²) in [6.07, 6.45) is 6.87. The summed E-state index contributed by atoms with van der Waals surface area (Å²) in [6.45, 7) is 3.70. The molecule has 0 aromatic carbocycles. The van der Waals surface area contributed by atoms with Crippen molar-refractivity contribution in [3.63, 3.8) is 0 Å². The molecule has 60 valence electrons. The van der Waals surface area contributed by atoms with Gasteiger partial charge in [-0.25, -0.2) is 0 Å². The molecule has 0 saturated heterocycles. The molecule has 1 atom stereocenters. The van der Waals surface area contributed by atoms with Crippen LogP contribution in [0.2, 0.25) is 0 Å². The summed E-state index contributed by atoms with van der Waals surface area (Å²) < 4.78 is 0. The maximum atomic E-state index is 10.4. The highest BCUT2D eigenvalue weighted by Gasteiger charge is 2.12. The molecule has 0 rings (SSSR count). The van der Waals surface area contributed by atoms with E-state index in [9.17, 15) is 4.79 Å². The predicted molar refractivity (Wildman–Crippen MR) is 43.1 cm³/mol. The molecule has 11 heavy (non-hydrogen) atoms. The number of carboxylic acid groups (broad SMARTS) is 1. The number of hydrogen-bond donors (Lipinski definition) is 2. The molecule has 0 amide bonds. The van der Waals surface area contributed by atoms with E-state index < -0.39 is 12.0 Å². The quantitative estimate of drug-likeness (QED) is 0.439. The largest absolute Gasteiger partial charge is 0.480 e. The van der Waals surface area contributed by atoms with E-state index in [-0.39, 0.29) is 6.54 Å². The average molecular weight is 153 g/mol. The molecule has 3 heteroatoms. The standard InChI is InChI=1S/C8H11NO2/c1-3-5-7(8(10)11)9-6-4-2/h2-3,7,9H,1,5-6H2,(H,10,11). The molecule has 0 aromatic heterocycles. The first kappa shape index (κ1) is 9.73. The normalized spacial score (nSPS) is 11.5. The van der Waals surface area contributed by atoms with Crippen molar-refractivity contribution in [3.05, 3.63) is 12.7 Å². The molecule has 0 aliphatic carbocycles. The molecule has 2 N–H and O–H groups in total. The van der Waals surface area contributed by atoms with Crippen LogP contribution in [0.1, 0.15) is 6.42 Å². The molecule has 0 spiro atoms. The first-order chi connectivity index (χ1) is 5.22. The summed E-state index contributed by atoms with van der Waals surface area (Å²) in [6, 6.07) is -0.608. The van der Waals surface area contributed by atoms with Gasteiger partial charge >= 0.3 is 5.97 Å². The predicted octanol–water partition coefficient (Wildman–Crippen LogP) is 0.238. The van der Waals surface area contributed by atoms with Crippen molar-refractivity contribution in [3.8, 4) is 12.3 Å². The Bertz CT molecular complexity index is 181. The van der Waals surface area contributed by atoms with Gasteiger partial charge in [0.2, 0.25) is 0 Å². The fraction of sp³-hybridized carbons (Fsp3) is 0.375. The van der Waals surface area contributed by atoms with Gasteiger partial charge in [-0.15, -0.1) is 13.0 Å². The van der Waals surface area contributed by atoms with Gasteiger partial charge in [0, 0.05) is 0 Å². The van der Waals surface area contributed by atoms with Crippen LogP contribution >= 0.6 is 0 Å². The van der Waals surface area contributed by atoms with Crippen LogP contribution in [-0.2, 0) is 4.79 Å². The van der Waals surface area contributed by atoms with Crippen LogP contribution in [-0.4, -0.2) is 23.7 Å². The minimum Gasteiger partial charge on any atom is -0.480 e. The van der Waals surface area contributed by atoms with Crippen molar-refractivity contribution < 1.29 is 9.90 Å². The van der Waals surface area contributed by atoms with E-state index in [1.165, 1.54) is 0 Å². The van der Waals surface area contributed by atoms with Gasteiger partial charge in [0.15, 0.2) is 0 Å². The zero-order chi connectivity index (χ0) is 8.69. The van der Waals surface area contributed by atoms with Gasteiger partial charge in [-0.05, 0) is 6.42 Å². The lowest BCUT2D eigenvalue weighted by atomic mass is 10.2. The van der Waals surface area contributed by atoms with Crippen LogP contribution in [0.4, 0.5) is 0 Å². The second-order valence-corrected chi connectivity index (χ2v) is 2.00. The number of carboxylic acids is 1. The Kier molecular flexibility index (Phi) is 4.87. The first-order valence-corrected chi connectivity index (χ1v) is 3.23. The van der Waals surface area contributed by atoms with Gasteiger partial charge in [0.05, 0.1) is 6.54 Å². The van der Waals surface area contributed by atoms with Crippen molar-refractivity contribution in [2.24, 2.45) is 0 Å². The Balaban J connectivity index is 3.80. The van der Waals surface area contributed by atoms with E-state index in [0.29, 0.717) is 6.42 Å². The fourth-order valence-corrected chi connectivity index (χ4v) is 0.620. The highest BCUT2D eigenvalue weighted by Crippen LogP contribution is 1.91. The van der Waals surface area contributed by atoms with Crippen LogP contribution in [0.25, 0.3) is 0 Å². The number of nitrogens with one attached hydrogen (secondary N) is 1. The van der Waals surface area contributed by atoms with Gasteiger partial charge in [-0.3, -0.25) is 10.1 Å². The van der Waals surface area contributed by atoms with Crippen molar-refractivity contribution in [1.82, 2.24) is 5.32 Å². The molecule has 0 radical (unpaired) electrons. The number of rotatable bonds is 5. The lowest BCUT2D eigenvalue weighted by molar-refractivity contribution is -0.139. The van der Waals surface area contributed by atoms with E-state index in [0.717, 1.165) is 0 Å². The van der Waals surface area contributed by atoms with Crippen LogP contribution in [0.15, 0.2) is 12.7 Å². The van der Waals surface area contributed by atoms with E-state index >= 15 is 0 Å². The Morgan fingerprint density at radius 3 is 2.91 bits per heavy atom. The second-order valence-electron chi connectivity index (χ2n) is 2.00. The van der Waals surface area contributed by atoms with Gasteiger partial charge in [0.1, 0.15) is 6.04 Å². The molecular weight excluding hydrogens is 142 g/mol. The number of hydrogen-bond acceptors (Lipinski definition) is 2. The van der Waals surface area contributed by atoms with Gasteiger partial charge in [-0.1, -0.05) is 12.0 Å². The Morgan fingerprint density at radius 2 is 2.55 bits per heavy atom. The zero-order valence-electron chi connectivity index (χ0n) is 6.21. The van der Waals surface area contributed by atoms with Crippen molar-refractivity contribution in [1.29, 1.82) is 0 Å². The Hall–Kier alpha value is -1.27. The third-order valence-electron chi connectivity index (χ3n) is 1.15. The van der Waals surface area contributed by atoms with Crippen LogP contribution in [0.5, 0.6) is 0 Å². The summed E-state index contributed by atoms with van der Waals surface area (Å²) in [5, 5.41) is 11.2. The molecule has 0 saturated carbocycles. The fourth-order valence-electron chi connectivity index (χ4n) is 0.620. The molecular formula is C8H11NO2. The molecule has 0 aliphatic heterocycles. The zero-order valence-corrected chi connectivity index (χ0v) is 6.21. The minimum atomic E-state index is -0.903. The molecule has 0 fully saturated rings. The van der Waals surface area contributed by atoms with Crippen LogP contribution < -0.4 is 5.32 Å².